The number of benzene rings is 3. The number of hydrogen-bond donors (Lipinski definition) is 0. The summed E-state index contributed by atoms with van der Waals surface area (Å²) in [4.78, 5) is 17.7. The molecule has 6 heteroatoms. The molecule has 1 aromatic heterocycles. The molecule has 0 spiro atoms. The number of aromatic nitrogens is 1. The maximum absolute atomic E-state index is 13.2. The van der Waals surface area contributed by atoms with E-state index in [-0.39, 0.29) is 5.78 Å². The second kappa shape index (κ2) is 8.98. The monoisotopic (exact) mass is 429 g/mol. The lowest BCUT2D eigenvalue weighted by Crippen LogP contribution is -2.04. The second-order valence-corrected chi connectivity index (χ2v) is 7.19. The van der Waals surface area contributed by atoms with E-state index in [1.807, 2.05) is 31.2 Å². The SMILES string of the molecule is COc1ccc(C(=O)c2ccc(C)cc2)c(Oc2ccnc3cc(OC)c(OC)cc23)c1. The lowest BCUT2D eigenvalue weighted by molar-refractivity contribution is 0.103. The molecular formula is C26H23NO5. The second-order valence-electron chi connectivity index (χ2n) is 7.19. The molecule has 0 unspecified atom stereocenters. The summed E-state index contributed by atoms with van der Waals surface area (Å²) >= 11 is 0. The maximum atomic E-state index is 13.2. The fourth-order valence-electron chi connectivity index (χ4n) is 3.42. The van der Waals surface area contributed by atoms with Gasteiger partial charge < -0.3 is 18.9 Å². The first-order chi connectivity index (χ1) is 15.5. The van der Waals surface area contributed by atoms with Crippen molar-refractivity contribution in [3.8, 4) is 28.7 Å². The Morgan fingerprint density at radius 2 is 1.47 bits per heavy atom. The molecule has 0 saturated heterocycles. The molecule has 0 fully saturated rings. The standard InChI is InChI=1S/C26H23NO5/c1-16-5-7-17(8-6-16)26(28)19-10-9-18(29-2)13-23(19)32-22-11-12-27-21-15-25(31-4)24(30-3)14-20(21)22/h5-15H,1-4H3. The van der Waals surface area contributed by atoms with Gasteiger partial charge in [0.05, 0.1) is 32.4 Å². The first kappa shape index (κ1) is 21.2. The first-order valence-electron chi connectivity index (χ1n) is 10.0. The van der Waals surface area contributed by atoms with Gasteiger partial charge in [-0.3, -0.25) is 9.78 Å². The van der Waals surface area contributed by atoms with Gasteiger partial charge in [-0.25, -0.2) is 0 Å². The fraction of sp³-hybridized carbons (Fsp3) is 0.154. The molecule has 0 saturated carbocycles. The third kappa shape index (κ3) is 4.07. The Hall–Kier alpha value is -4.06. The quantitative estimate of drug-likeness (QED) is 0.357. The van der Waals surface area contributed by atoms with E-state index < -0.39 is 0 Å². The third-order valence-electron chi connectivity index (χ3n) is 5.17. The number of hydrogen-bond acceptors (Lipinski definition) is 6. The molecule has 32 heavy (non-hydrogen) atoms. The summed E-state index contributed by atoms with van der Waals surface area (Å²) in [6.07, 6.45) is 1.64. The van der Waals surface area contributed by atoms with Crippen LogP contribution in [-0.4, -0.2) is 32.1 Å². The van der Waals surface area contributed by atoms with Crippen molar-refractivity contribution in [1.82, 2.24) is 4.98 Å². The van der Waals surface area contributed by atoms with Crippen LogP contribution in [0.15, 0.2) is 66.9 Å². The number of carbonyl (C=O) groups is 1. The highest BCUT2D eigenvalue weighted by molar-refractivity contribution is 6.11. The van der Waals surface area contributed by atoms with Crippen LogP contribution < -0.4 is 18.9 Å². The minimum absolute atomic E-state index is 0.139. The molecule has 3 aromatic carbocycles. The number of pyridine rings is 1. The molecule has 0 aliphatic heterocycles. The Balaban J connectivity index is 1.81. The van der Waals surface area contributed by atoms with Crippen molar-refractivity contribution in [2.45, 2.75) is 6.92 Å². The topological polar surface area (TPSA) is 66.9 Å². The van der Waals surface area contributed by atoms with Crippen molar-refractivity contribution in [2.75, 3.05) is 21.3 Å². The highest BCUT2D eigenvalue weighted by Crippen LogP contribution is 2.38. The summed E-state index contributed by atoms with van der Waals surface area (Å²) in [6.45, 7) is 1.98. The predicted octanol–water partition coefficient (Wildman–Crippen LogP) is 5.59. The molecule has 0 bridgehead atoms. The molecule has 0 atom stereocenters. The molecule has 0 aliphatic rings. The zero-order valence-electron chi connectivity index (χ0n) is 18.3. The average Bonchev–Trinajstić information content (AvgIpc) is 2.83. The van der Waals surface area contributed by atoms with E-state index in [1.165, 1.54) is 0 Å². The fourth-order valence-corrected chi connectivity index (χ4v) is 3.42. The zero-order chi connectivity index (χ0) is 22.7. The molecule has 162 valence electrons. The van der Waals surface area contributed by atoms with Crippen LogP contribution in [0.1, 0.15) is 21.5 Å². The minimum atomic E-state index is -0.139. The number of carbonyl (C=O) groups excluding carboxylic acids is 1. The number of aryl methyl sites for hydroxylation is 1. The number of methoxy groups -OCH3 is 3. The zero-order valence-corrected chi connectivity index (χ0v) is 18.3. The van der Waals surface area contributed by atoms with Crippen molar-refractivity contribution in [3.05, 3.63) is 83.6 Å². The molecule has 0 amide bonds. The first-order valence-corrected chi connectivity index (χ1v) is 10.0. The molecule has 4 rings (SSSR count). The van der Waals surface area contributed by atoms with Gasteiger partial charge in [0.25, 0.3) is 0 Å². The summed E-state index contributed by atoms with van der Waals surface area (Å²) in [7, 11) is 4.71. The normalized spacial score (nSPS) is 10.6. The van der Waals surface area contributed by atoms with Gasteiger partial charge in [-0.2, -0.15) is 0 Å². The van der Waals surface area contributed by atoms with Crippen LogP contribution in [0.3, 0.4) is 0 Å². The predicted molar refractivity (Wildman–Crippen MR) is 123 cm³/mol. The van der Waals surface area contributed by atoms with E-state index in [2.05, 4.69) is 4.98 Å². The Morgan fingerprint density at radius 1 is 0.750 bits per heavy atom. The highest BCUT2D eigenvalue weighted by Gasteiger charge is 2.18. The van der Waals surface area contributed by atoms with Crippen LogP contribution in [0.2, 0.25) is 0 Å². The van der Waals surface area contributed by atoms with E-state index in [0.29, 0.717) is 45.4 Å². The summed E-state index contributed by atoms with van der Waals surface area (Å²) in [5, 5.41) is 0.724. The molecule has 0 aliphatic carbocycles. The molecule has 0 N–H and O–H groups in total. The van der Waals surface area contributed by atoms with Gasteiger partial charge in [0, 0.05) is 29.3 Å². The van der Waals surface area contributed by atoms with Gasteiger partial charge in [0.1, 0.15) is 17.2 Å². The van der Waals surface area contributed by atoms with Gasteiger partial charge in [-0.1, -0.05) is 29.8 Å². The summed E-state index contributed by atoms with van der Waals surface area (Å²) in [5.41, 5.74) is 2.77. The lowest BCUT2D eigenvalue weighted by atomic mass is 10.0. The van der Waals surface area contributed by atoms with Crippen molar-refractivity contribution in [1.29, 1.82) is 0 Å². The van der Waals surface area contributed by atoms with Crippen molar-refractivity contribution in [2.24, 2.45) is 0 Å². The molecule has 0 radical (unpaired) electrons. The highest BCUT2D eigenvalue weighted by atomic mass is 16.5. The van der Waals surface area contributed by atoms with Crippen molar-refractivity contribution < 1.29 is 23.7 Å². The van der Waals surface area contributed by atoms with Crippen LogP contribution in [-0.2, 0) is 0 Å². The third-order valence-corrected chi connectivity index (χ3v) is 5.17. The molecule has 1 heterocycles. The van der Waals surface area contributed by atoms with Gasteiger partial charge in [0.15, 0.2) is 17.3 Å². The Labute approximate surface area is 186 Å². The van der Waals surface area contributed by atoms with E-state index in [9.17, 15) is 4.79 Å². The van der Waals surface area contributed by atoms with E-state index >= 15 is 0 Å². The lowest BCUT2D eigenvalue weighted by Gasteiger charge is -2.15. The van der Waals surface area contributed by atoms with Crippen LogP contribution in [0.5, 0.6) is 28.7 Å². The number of rotatable bonds is 7. The number of fused-ring (bicyclic) bond motifs is 1. The Kier molecular flexibility index (Phi) is 5.94. The van der Waals surface area contributed by atoms with Crippen molar-refractivity contribution in [3.63, 3.8) is 0 Å². The summed E-state index contributed by atoms with van der Waals surface area (Å²) < 4.78 is 22.4. The summed E-state index contributed by atoms with van der Waals surface area (Å²) in [5.74, 6) is 2.48. The summed E-state index contributed by atoms with van der Waals surface area (Å²) in [6, 6.07) is 17.9. The largest absolute Gasteiger partial charge is 0.497 e. The van der Waals surface area contributed by atoms with E-state index in [0.717, 1.165) is 10.9 Å². The smallest absolute Gasteiger partial charge is 0.196 e. The van der Waals surface area contributed by atoms with Gasteiger partial charge >= 0.3 is 0 Å². The maximum Gasteiger partial charge on any atom is 0.196 e. The number of ether oxygens (including phenoxy) is 4. The van der Waals surface area contributed by atoms with Crippen LogP contribution in [0.25, 0.3) is 10.9 Å². The molecule has 6 nitrogen and oxygen atoms in total. The van der Waals surface area contributed by atoms with Crippen LogP contribution in [0, 0.1) is 6.92 Å². The Bertz CT molecular complexity index is 1280. The van der Waals surface area contributed by atoms with Crippen LogP contribution in [0.4, 0.5) is 0 Å². The van der Waals surface area contributed by atoms with E-state index in [4.69, 9.17) is 18.9 Å². The minimum Gasteiger partial charge on any atom is -0.497 e. The molecule has 4 aromatic rings. The van der Waals surface area contributed by atoms with E-state index in [1.54, 1.807) is 63.9 Å². The van der Waals surface area contributed by atoms with Gasteiger partial charge in [-0.15, -0.1) is 0 Å². The van der Waals surface area contributed by atoms with Gasteiger partial charge in [0.2, 0.25) is 0 Å². The number of ketones is 1. The van der Waals surface area contributed by atoms with Gasteiger partial charge in [-0.05, 0) is 31.2 Å². The van der Waals surface area contributed by atoms with Crippen LogP contribution >= 0.6 is 0 Å². The number of nitrogens with zero attached hydrogens (tertiary/aromatic N) is 1. The van der Waals surface area contributed by atoms with Crippen molar-refractivity contribution >= 4 is 16.7 Å². The molecular weight excluding hydrogens is 406 g/mol. The Morgan fingerprint density at radius 3 is 2.16 bits per heavy atom. The average molecular weight is 429 g/mol.